The fourth-order valence-corrected chi connectivity index (χ4v) is 1.45. The van der Waals surface area contributed by atoms with Crippen molar-refractivity contribution in [2.24, 2.45) is 5.92 Å². The Morgan fingerprint density at radius 1 is 1.70 bits per heavy atom. The number of aliphatic hydroxyl groups excluding tert-OH is 1. The zero-order chi connectivity index (χ0) is 7.72. The van der Waals surface area contributed by atoms with Crippen molar-refractivity contribution < 1.29 is 5.11 Å². The van der Waals surface area contributed by atoms with Crippen molar-refractivity contribution in [1.82, 2.24) is 4.90 Å². The van der Waals surface area contributed by atoms with Crippen LogP contribution in [0.25, 0.3) is 0 Å². The predicted molar refractivity (Wildman–Crippen MR) is 41.6 cm³/mol. The van der Waals surface area contributed by atoms with Gasteiger partial charge in [0.05, 0.1) is 0 Å². The lowest BCUT2D eigenvalue weighted by Gasteiger charge is -2.19. The van der Waals surface area contributed by atoms with Crippen LogP contribution in [-0.2, 0) is 0 Å². The Labute approximate surface area is 62.8 Å². The minimum atomic E-state index is -0.276. The third-order valence-corrected chi connectivity index (χ3v) is 2.52. The Morgan fingerprint density at radius 3 is 2.60 bits per heavy atom. The van der Waals surface area contributed by atoms with Crippen LogP contribution in [0.4, 0.5) is 0 Å². The van der Waals surface area contributed by atoms with Crippen molar-refractivity contribution >= 4 is 0 Å². The molecule has 0 aromatic rings. The summed E-state index contributed by atoms with van der Waals surface area (Å²) in [5.41, 5.74) is 0. The lowest BCUT2D eigenvalue weighted by molar-refractivity contribution is 0.0291. The van der Waals surface area contributed by atoms with Gasteiger partial charge >= 0.3 is 0 Å². The van der Waals surface area contributed by atoms with E-state index in [1.165, 1.54) is 12.8 Å². The van der Waals surface area contributed by atoms with Gasteiger partial charge in [-0.2, -0.15) is 0 Å². The van der Waals surface area contributed by atoms with Gasteiger partial charge in [-0.15, -0.1) is 0 Å². The Morgan fingerprint density at radius 2 is 2.30 bits per heavy atom. The molecule has 0 aromatic carbocycles. The average molecular weight is 143 g/mol. The molecule has 1 saturated carbocycles. The molecular formula is C8H17NO. The molecule has 10 heavy (non-hydrogen) atoms. The van der Waals surface area contributed by atoms with Gasteiger partial charge in [0.2, 0.25) is 0 Å². The second-order valence-electron chi connectivity index (χ2n) is 3.27. The van der Waals surface area contributed by atoms with Crippen LogP contribution in [-0.4, -0.2) is 29.3 Å². The highest BCUT2D eigenvalue weighted by Gasteiger charge is 2.39. The summed E-state index contributed by atoms with van der Waals surface area (Å²) in [7, 11) is 1.99. The molecule has 0 bridgehead atoms. The van der Waals surface area contributed by atoms with E-state index in [0.29, 0.717) is 6.04 Å². The van der Waals surface area contributed by atoms with Crippen LogP contribution < -0.4 is 0 Å². The Bertz CT molecular complexity index is 114. The van der Waals surface area contributed by atoms with E-state index in [-0.39, 0.29) is 6.23 Å². The van der Waals surface area contributed by atoms with Gasteiger partial charge in [0.25, 0.3) is 0 Å². The number of rotatable bonds is 3. The highest BCUT2D eigenvalue weighted by molar-refractivity contribution is 4.92. The predicted octanol–water partition coefficient (Wildman–Crippen LogP) is 1.05. The first-order valence-corrected chi connectivity index (χ1v) is 4.06. The van der Waals surface area contributed by atoms with Gasteiger partial charge in [-0.05, 0) is 26.3 Å². The summed E-state index contributed by atoms with van der Waals surface area (Å²) in [5, 5.41) is 9.17. The van der Waals surface area contributed by atoms with Gasteiger partial charge in [-0.25, -0.2) is 0 Å². The lowest BCUT2D eigenvalue weighted by Crippen LogP contribution is -2.31. The number of aliphatic hydroxyl groups is 1. The average Bonchev–Trinajstić information content (AvgIpc) is 2.64. The Hall–Kier alpha value is -0.0800. The van der Waals surface area contributed by atoms with Gasteiger partial charge in [-0.3, -0.25) is 4.90 Å². The van der Waals surface area contributed by atoms with Crippen molar-refractivity contribution in [3.05, 3.63) is 0 Å². The minimum absolute atomic E-state index is 0.276. The van der Waals surface area contributed by atoms with Gasteiger partial charge in [-0.1, -0.05) is 13.3 Å². The van der Waals surface area contributed by atoms with E-state index in [9.17, 15) is 5.11 Å². The van der Waals surface area contributed by atoms with Crippen molar-refractivity contribution in [3.8, 4) is 0 Å². The maximum atomic E-state index is 9.17. The van der Waals surface area contributed by atoms with Gasteiger partial charge in [0, 0.05) is 6.04 Å². The second-order valence-corrected chi connectivity index (χ2v) is 3.27. The third-order valence-electron chi connectivity index (χ3n) is 2.52. The number of hydrogen-bond acceptors (Lipinski definition) is 2. The summed E-state index contributed by atoms with van der Waals surface area (Å²) in [6.45, 7) is 4.03. The molecule has 2 heteroatoms. The van der Waals surface area contributed by atoms with Crippen molar-refractivity contribution in [1.29, 1.82) is 0 Å². The molecule has 2 nitrogen and oxygen atoms in total. The standard InChI is InChI=1S/C8H17NO/c1-4-7-5-8(7)9(3)6(2)10/h6-8,10H,4-5H2,1-3H3. The monoisotopic (exact) mass is 143 g/mol. The fourth-order valence-electron chi connectivity index (χ4n) is 1.45. The van der Waals surface area contributed by atoms with Crippen LogP contribution in [0.5, 0.6) is 0 Å². The molecule has 0 aromatic heterocycles. The topological polar surface area (TPSA) is 23.5 Å². The second kappa shape index (κ2) is 2.89. The first-order chi connectivity index (χ1) is 4.66. The molecule has 1 aliphatic rings. The molecule has 0 heterocycles. The van der Waals surface area contributed by atoms with Crippen molar-refractivity contribution in [2.75, 3.05) is 7.05 Å². The molecule has 0 saturated heterocycles. The van der Waals surface area contributed by atoms with Crippen molar-refractivity contribution in [2.45, 2.75) is 39.0 Å². The summed E-state index contributed by atoms with van der Waals surface area (Å²) >= 11 is 0. The molecule has 0 amide bonds. The van der Waals surface area contributed by atoms with E-state index in [1.54, 1.807) is 0 Å². The molecule has 1 N–H and O–H groups in total. The molecule has 1 fully saturated rings. The zero-order valence-electron chi connectivity index (χ0n) is 7.04. The van der Waals surface area contributed by atoms with E-state index in [4.69, 9.17) is 0 Å². The maximum absolute atomic E-state index is 9.17. The molecule has 60 valence electrons. The van der Waals surface area contributed by atoms with Crippen LogP contribution in [0.1, 0.15) is 26.7 Å². The van der Waals surface area contributed by atoms with E-state index < -0.39 is 0 Å². The minimum Gasteiger partial charge on any atom is -0.379 e. The third kappa shape index (κ3) is 1.50. The Kier molecular flexibility index (Phi) is 2.32. The number of nitrogens with zero attached hydrogens (tertiary/aromatic N) is 1. The first-order valence-electron chi connectivity index (χ1n) is 4.06. The molecule has 1 rings (SSSR count). The van der Waals surface area contributed by atoms with Crippen LogP contribution in [0.15, 0.2) is 0 Å². The molecule has 3 unspecified atom stereocenters. The summed E-state index contributed by atoms with van der Waals surface area (Å²) in [6, 6.07) is 0.657. The maximum Gasteiger partial charge on any atom is 0.104 e. The van der Waals surface area contributed by atoms with E-state index in [2.05, 4.69) is 6.92 Å². The summed E-state index contributed by atoms with van der Waals surface area (Å²) in [4.78, 5) is 2.05. The van der Waals surface area contributed by atoms with Crippen LogP contribution in [0.3, 0.4) is 0 Å². The summed E-state index contributed by atoms with van der Waals surface area (Å²) in [6.07, 6.45) is 2.25. The molecule has 1 aliphatic carbocycles. The largest absolute Gasteiger partial charge is 0.379 e. The van der Waals surface area contributed by atoms with Crippen LogP contribution in [0.2, 0.25) is 0 Å². The molecule has 3 atom stereocenters. The van der Waals surface area contributed by atoms with E-state index in [0.717, 1.165) is 5.92 Å². The van der Waals surface area contributed by atoms with E-state index >= 15 is 0 Å². The van der Waals surface area contributed by atoms with E-state index in [1.807, 2.05) is 18.9 Å². The summed E-state index contributed by atoms with van der Waals surface area (Å²) < 4.78 is 0. The Balaban J connectivity index is 2.25. The quantitative estimate of drug-likeness (QED) is 0.597. The van der Waals surface area contributed by atoms with Crippen molar-refractivity contribution in [3.63, 3.8) is 0 Å². The molecule has 0 radical (unpaired) electrons. The lowest BCUT2D eigenvalue weighted by atomic mass is 10.3. The molecular weight excluding hydrogens is 126 g/mol. The smallest absolute Gasteiger partial charge is 0.104 e. The highest BCUT2D eigenvalue weighted by Crippen LogP contribution is 2.37. The van der Waals surface area contributed by atoms with Gasteiger partial charge < -0.3 is 5.11 Å². The van der Waals surface area contributed by atoms with Crippen LogP contribution in [0, 0.1) is 5.92 Å². The SMILES string of the molecule is CCC1CC1N(C)C(C)O. The highest BCUT2D eigenvalue weighted by atomic mass is 16.3. The summed E-state index contributed by atoms with van der Waals surface area (Å²) in [5.74, 6) is 0.847. The molecule has 0 spiro atoms. The van der Waals surface area contributed by atoms with Gasteiger partial charge in [0.1, 0.15) is 6.23 Å². The molecule has 0 aliphatic heterocycles. The normalized spacial score (nSPS) is 34.5. The zero-order valence-corrected chi connectivity index (χ0v) is 7.04. The van der Waals surface area contributed by atoms with Crippen LogP contribution >= 0.6 is 0 Å². The van der Waals surface area contributed by atoms with Gasteiger partial charge in [0.15, 0.2) is 0 Å². The number of hydrogen-bond donors (Lipinski definition) is 1. The first kappa shape index (κ1) is 8.02. The fraction of sp³-hybridized carbons (Fsp3) is 1.00.